The molecule has 3 rings (SSSR count). The number of aromatic nitrogens is 3. The standard InChI is InChI=1S/C19H12ClF3N4O2/c1-11(19(21,22)23)29-18-15(12-4-6-13(20)7-5-12)9-14(10-24-18)26-17(28)16-3-2-8-25-27-16/h2-10H,1H2,(H,26,28). The first-order valence-electron chi connectivity index (χ1n) is 8.03. The molecule has 0 atom stereocenters. The van der Waals surface area contributed by atoms with Crippen molar-refractivity contribution in [1.82, 2.24) is 15.2 Å². The van der Waals surface area contributed by atoms with Gasteiger partial charge in [-0.2, -0.15) is 18.3 Å². The van der Waals surface area contributed by atoms with Crippen molar-refractivity contribution in [3.8, 4) is 17.0 Å². The predicted octanol–water partition coefficient (Wildman–Crippen LogP) is 4.90. The molecular formula is C19H12ClF3N4O2. The lowest BCUT2D eigenvalue weighted by Gasteiger charge is -2.15. The van der Waals surface area contributed by atoms with Crippen molar-refractivity contribution in [3.63, 3.8) is 0 Å². The number of benzene rings is 1. The molecule has 2 heterocycles. The van der Waals surface area contributed by atoms with Gasteiger partial charge in [-0.05, 0) is 35.9 Å². The molecule has 0 spiro atoms. The average Bonchev–Trinajstić information content (AvgIpc) is 2.69. The van der Waals surface area contributed by atoms with E-state index in [1.54, 1.807) is 30.3 Å². The number of halogens is 4. The number of ether oxygens (including phenoxy) is 1. The van der Waals surface area contributed by atoms with Crippen LogP contribution in [0.15, 0.2) is 67.2 Å². The van der Waals surface area contributed by atoms with Crippen molar-refractivity contribution < 1.29 is 22.7 Å². The molecule has 10 heteroatoms. The summed E-state index contributed by atoms with van der Waals surface area (Å²) < 4.78 is 43.3. The van der Waals surface area contributed by atoms with Crippen LogP contribution in [-0.4, -0.2) is 27.3 Å². The van der Waals surface area contributed by atoms with Gasteiger partial charge in [-0.3, -0.25) is 4.79 Å². The van der Waals surface area contributed by atoms with Gasteiger partial charge in [0.25, 0.3) is 5.91 Å². The molecule has 2 aromatic heterocycles. The number of carbonyl (C=O) groups is 1. The normalized spacial score (nSPS) is 11.0. The summed E-state index contributed by atoms with van der Waals surface area (Å²) in [7, 11) is 0. The van der Waals surface area contributed by atoms with E-state index < -0.39 is 17.8 Å². The largest absolute Gasteiger partial charge is 0.448 e. The lowest BCUT2D eigenvalue weighted by Crippen LogP contribution is -2.17. The van der Waals surface area contributed by atoms with Gasteiger partial charge in [-0.25, -0.2) is 4.98 Å². The van der Waals surface area contributed by atoms with Gasteiger partial charge in [0.15, 0.2) is 5.69 Å². The van der Waals surface area contributed by atoms with Gasteiger partial charge >= 0.3 is 6.18 Å². The molecule has 1 amide bonds. The van der Waals surface area contributed by atoms with Crippen molar-refractivity contribution >= 4 is 23.2 Å². The van der Waals surface area contributed by atoms with E-state index in [9.17, 15) is 18.0 Å². The molecule has 0 aliphatic carbocycles. The number of nitrogens with zero attached hydrogens (tertiary/aromatic N) is 3. The Labute approximate surface area is 168 Å². The minimum atomic E-state index is -4.75. The first-order chi connectivity index (χ1) is 13.7. The van der Waals surface area contributed by atoms with Crippen LogP contribution in [0.5, 0.6) is 5.88 Å². The quantitative estimate of drug-likeness (QED) is 0.594. The molecule has 0 saturated carbocycles. The zero-order valence-corrected chi connectivity index (χ0v) is 15.3. The fraction of sp³-hybridized carbons (Fsp3) is 0.0526. The molecule has 0 bridgehead atoms. The summed E-state index contributed by atoms with van der Waals surface area (Å²) in [5.74, 6) is -2.31. The molecule has 0 unspecified atom stereocenters. The Morgan fingerprint density at radius 1 is 1.17 bits per heavy atom. The Hall–Kier alpha value is -3.46. The lowest BCUT2D eigenvalue weighted by atomic mass is 10.1. The number of anilines is 1. The zero-order chi connectivity index (χ0) is 21.0. The molecule has 6 nitrogen and oxygen atoms in total. The number of pyridine rings is 1. The molecule has 3 aromatic rings. The summed E-state index contributed by atoms with van der Waals surface area (Å²) in [4.78, 5) is 16.2. The van der Waals surface area contributed by atoms with E-state index in [4.69, 9.17) is 16.3 Å². The highest BCUT2D eigenvalue weighted by atomic mass is 35.5. The SMILES string of the molecule is C=C(Oc1ncc(NC(=O)c2cccnn2)cc1-c1ccc(Cl)cc1)C(F)(F)F. The number of amides is 1. The van der Waals surface area contributed by atoms with Gasteiger partial charge in [0.05, 0.1) is 11.9 Å². The second-order valence-corrected chi connectivity index (χ2v) is 6.11. The van der Waals surface area contributed by atoms with E-state index in [0.29, 0.717) is 10.6 Å². The Morgan fingerprint density at radius 2 is 1.90 bits per heavy atom. The van der Waals surface area contributed by atoms with E-state index in [1.807, 2.05) is 0 Å². The molecular weight excluding hydrogens is 409 g/mol. The van der Waals surface area contributed by atoms with Crippen molar-refractivity contribution in [2.75, 3.05) is 5.32 Å². The highest BCUT2D eigenvalue weighted by molar-refractivity contribution is 6.30. The van der Waals surface area contributed by atoms with Crippen LogP contribution in [0.3, 0.4) is 0 Å². The third-order valence-electron chi connectivity index (χ3n) is 3.61. The van der Waals surface area contributed by atoms with Gasteiger partial charge in [0.1, 0.15) is 0 Å². The molecule has 1 aromatic carbocycles. The maximum Gasteiger partial charge on any atom is 0.448 e. The van der Waals surface area contributed by atoms with E-state index in [-0.39, 0.29) is 22.8 Å². The molecule has 0 fully saturated rings. The Kier molecular flexibility index (Phi) is 5.79. The van der Waals surface area contributed by atoms with Crippen LogP contribution < -0.4 is 10.1 Å². The van der Waals surface area contributed by atoms with Gasteiger partial charge in [-0.1, -0.05) is 30.3 Å². The van der Waals surface area contributed by atoms with Crippen LogP contribution in [0.4, 0.5) is 18.9 Å². The predicted molar refractivity (Wildman–Crippen MR) is 100 cm³/mol. The third-order valence-corrected chi connectivity index (χ3v) is 3.86. The summed E-state index contributed by atoms with van der Waals surface area (Å²) in [5, 5.41) is 10.3. The van der Waals surface area contributed by atoms with Gasteiger partial charge in [-0.15, -0.1) is 5.10 Å². The first-order valence-corrected chi connectivity index (χ1v) is 8.41. The van der Waals surface area contributed by atoms with Crippen LogP contribution in [0.2, 0.25) is 5.02 Å². The first kappa shape index (κ1) is 20.3. The Morgan fingerprint density at radius 3 is 2.52 bits per heavy atom. The summed E-state index contributed by atoms with van der Waals surface area (Å²) in [6, 6.07) is 10.7. The topological polar surface area (TPSA) is 77.0 Å². The van der Waals surface area contributed by atoms with Crippen molar-refractivity contribution in [1.29, 1.82) is 0 Å². The minimum Gasteiger partial charge on any atom is -0.434 e. The average molecular weight is 421 g/mol. The van der Waals surface area contributed by atoms with Crippen LogP contribution in [0.25, 0.3) is 11.1 Å². The number of hydrogen-bond donors (Lipinski definition) is 1. The van der Waals surface area contributed by atoms with Crippen molar-refractivity contribution in [3.05, 3.63) is 77.9 Å². The van der Waals surface area contributed by atoms with Crippen LogP contribution in [0, 0.1) is 0 Å². The van der Waals surface area contributed by atoms with Crippen molar-refractivity contribution in [2.24, 2.45) is 0 Å². The Bertz CT molecular complexity index is 1040. The number of rotatable bonds is 5. The van der Waals surface area contributed by atoms with E-state index in [1.165, 1.54) is 18.3 Å². The van der Waals surface area contributed by atoms with E-state index in [2.05, 4.69) is 27.1 Å². The van der Waals surface area contributed by atoms with Gasteiger partial charge < -0.3 is 10.1 Å². The number of alkyl halides is 3. The molecule has 0 aliphatic rings. The number of nitrogens with one attached hydrogen (secondary N) is 1. The summed E-state index contributed by atoms with van der Waals surface area (Å²) in [6.07, 6.45) is -2.18. The maximum atomic E-state index is 12.8. The highest BCUT2D eigenvalue weighted by Crippen LogP contribution is 2.35. The molecule has 1 N–H and O–H groups in total. The Balaban J connectivity index is 1.96. The fourth-order valence-electron chi connectivity index (χ4n) is 2.23. The molecule has 29 heavy (non-hydrogen) atoms. The van der Waals surface area contributed by atoms with Crippen LogP contribution in [-0.2, 0) is 0 Å². The number of carbonyl (C=O) groups excluding carboxylic acids is 1. The molecule has 0 saturated heterocycles. The molecule has 148 valence electrons. The molecule has 0 aliphatic heterocycles. The monoisotopic (exact) mass is 420 g/mol. The highest BCUT2D eigenvalue weighted by Gasteiger charge is 2.35. The zero-order valence-electron chi connectivity index (χ0n) is 14.6. The maximum absolute atomic E-state index is 12.8. The van der Waals surface area contributed by atoms with E-state index in [0.717, 1.165) is 6.20 Å². The summed E-state index contributed by atoms with van der Waals surface area (Å²) >= 11 is 5.87. The van der Waals surface area contributed by atoms with Crippen LogP contribution in [0.1, 0.15) is 10.5 Å². The second kappa shape index (κ2) is 8.27. The second-order valence-electron chi connectivity index (χ2n) is 5.67. The lowest BCUT2D eigenvalue weighted by molar-refractivity contribution is -0.116. The van der Waals surface area contributed by atoms with E-state index >= 15 is 0 Å². The summed E-state index contributed by atoms with van der Waals surface area (Å²) in [6.45, 7) is 2.89. The third kappa shape index (κ3) is 5.08. The van der Waals surface area contributed by atoms with Gasteiger partial charge in [0, 0.05) is 16.8 Å². The molecule has 0 radical (unpaired) electrons. The minimum absolute atomic E-state index is 0.0614. The number of hydrogen-bond acceptors (Lipinski definition) is 5. The fourth-order valence-corrected chi connectivity index (χ4v) is 2.36. The van der Waals surface area contributed by atoms with Gasteiger partial charge in [0.2, 0.25) is 11.6 Å². The number of allylic oxidation sites excluding steroid dienone is 1. The van der Waals surface area contributed by atoms with Crippen molar-refractivity contribution in [2.45, 2.75) is 6.18 Å². The smallest absolute Gasteiger partial charge is 0.434 e. The van der Waals surface area contributed by atoms with Crippen LogP contribution >= 0.6 is 11.6 Å². The summed E-state index contributed by atoms with van der Waals surface area (Å²) in [5.41, 5.74) is 0.952.